The van der Waals surface area contributed by atoms with E-state index in [1.165, 1.54) is 0 Å². The van der Waals surface area contributed by atoms with Crippen molar-refractivity contribution in [3.05, 3.63) is 12.4 Å². The summed E-state index contributed by atoms with van der Waals surface area (Å²) in [7, 11) is 0. The molecule has 0 aromatic carbocycles. The quantitative estimate of drug-likeness (QED) is 0.702. The normalized spacial score (nSPS) is 24.0. The zero-order valence-electron chi connectivity index (χ0n) is 9.71. The van der Waals surface area contributed by atoms with Crippen LogP contribution in [0.3, 0.4) is 0 Å². The van der Waals surface area contributed by atoms with Crippen LogP contribution in [0.5, 0.6) is 0 Å². The van der Waals surface area contributed by atoms with Crippen LogP contribution in [0.15, 0.2) is 12.4 Å². The molecule has 0 bridgehead atoms. The minimum Gasteiger partial charge on any atom is -0.331 e. The molecule has 0 aliphatic carbocycles. The Hall–Kier alpha value is -1.36. The van der Waals surface area contributed by atoms with Gasteiger partial charge >= 0.3 is 0 Å². The Morgan fingerprint density at radius 1 is 1.62 bits per heavy atom. The van der Waals surface area contributed by atoms with Crippen molar-refractivity contribution in [2.75, 3.05) is 11.9 Å². The monoisotopic (exact) mass is 222 g/mol. The Bertz CT molecular complexity index is 358. The maximum atomic E-state index is 12.0. The van der Waals surface area contributed by atoms with Crippen molar-refractivity contribution in [2.45, 2.75) is 32.7 Å². The largest absolute Gasteiger partial charge is 0.331 e. The van der Waals surface area contributed by atoms with Gasteiger partial charge in [-0.3, -0.25) is 10.1 Å². The Labute approximate surface area is 95.0 Å². The van der Waals surface area contributed by atoms with E-state index in [1.54, 1.807) is 12.4 Å². The number of rotatable bonds is 2. The standard InChI is InChI=1S/C11H18N4O/c1-11(2)4-3-5-12-8(11)9(16)15-10-13-6-7-14-10/h6-8,12H,3-5H2,1-2H3,(H2,13,14,15,16). The molecule has 1 aromatic heterocycles. The fourth-order valence-electron chi connectivity index (χ4n) is 2.18. The van der Waals surface area contributed by atoms with E-state index in [9.17, 15) is 4.79 Å². The Kier molecular flexibility index (Phi) is 2.96. The summed E-state index contributed by atoms with van der Waals surface area (Å²) in [6.45, 7) is 5.14. The lowest BCUT2D eigenvalue weighted by Crippen LogP contribution is -2.53. The van der Waals surface area contributed by atoms with Gasteiger partial charge in [0.05, 0.1) is 6.04 Å². The molecule has 2 heterocycles. The summed E-state index contributed by atoms with van der Waals surface area (Å²) in [5.41, 5.74) is -0.00503. The third kappa shape index (κ3) is 2.24. The third-order valence-corrected chi connectivity index (χ3v) is 3.13. The number of hydrogen-bond donors (Lipinski definition) is 3. The van der Waals surface area contributed by atoms with Crippen LogP contribution in [0.25, 0.3) is 0 Å². The highest BCUT2D eigenvalue weighted by Crippen LogP contribution is 2.30. The first-order valence-corrected chi connectivity index (χ1v) is 5.63. The molecule has 1 aromatic rings. The van der Waals surface area contributed by atoms with Gasteiger partial charge in [0.1, 0.15) is 0 Å². The summed E-state index contributed by atoms with van der Waals surface area (Å²) < 4.78 is 0. The van der Waals surface area contributed by atoms with Crippen molar-refractivity contribution in [3.8, 4) is 0 Å². The highest BCUT2D eigenvalue weighted by Gasteiger charge is 2.37. The smallest absolute Gasteiger partial charge is 0.244 e. The lowest BCUT2D eigenvalue weighted by Gasteiger charge is -2.37. The van der Waals surface area contributed by atoms with E-state index in [4.69, 9.17) is 0 Å². The van der Waals surface area contributed by atoms with Crippen molar-refractivity contribution < 1.29 is 4.79 Å². The number of anilines is 1. The number of hydrogen-bond acceptors (Lipinski definition) is 3. The zero-order chi connectivity index (χ0) is 11.6. The van der Waals surface area contributed by atoms with Crippen LogP contribution in [-0.2, 0) is 4.79 Å². The van der Waals surface area contributed by atoms with Gasteiger partial charge in [0, 0.05) is 12.4 Å². The molecule has 1 aliphatic heterocycles. The number of aromatic amines is 1. The first kappa shape index (κ1) is 11.1. The molecule has 1 unspecified atom stereocenters. The predicted octanol–water partition coefficient (Wildman–Crippen LogP) is 1.13. The third-order valence-electron chi connectivity index (χ3n) is 3.13. The molecule has 16 heavy (non-hydrogen) atoms. The Balaban J connectivity index is 2.03. The number of amides is 1. The van der Waals surface area contributed by atoms with E-state index in [0.717, 1.165) is 19.4 Å². The molecule has 0 radical (unpaired) electrons. The van der Waals surface area contributed by atoms with Crippen molar-refractivity contribution in [1.82, 2.24) is 15.3 Å². The average Bonchev–Trinajstić information content (AvgIpc) is 2.69. The molecular formula is C11H18N4O. The summed E-state index contributed by atoms with van der Waals surface area (Å²) in [5.74, 6) is 0.493. The topological polar surface area (TPSA) is 69.8 Å². The second kappa shape index (κ2) is 4.25. The van der Waals surface area contributed by atoms with Gasteiger partial charge in [-0.05, 0) is 24.8 Å². The molecule has 1 aliphatic rings. The molecule has 1 atom stereocenters. The first-order chi connectivity index (χ1) is 7.59. The molecule has 0 saturated carbocycles. The van der Waals surface area contributed by atoms with Crippen LogP contribution < -0.4 is 10.6 Å². The summed E-state index contributed by atoms with van der Waals surface area (Å²) in [4.78, 5) is 18.9. The number of carbonyl (C=O) groups is 1. The number of nitrogens with zero attached hydrogens (tertiary/aromatic N) is 1. The number of imidazole rings is 1. The van der Waals surface area contributed by atoms with E-state index in [-0.39, 0.29) is 17.4 Å². The lowest BCUT2D eigenvalue weighted by atomic mass is 9.77. The van der Waals surface area contributed by atoms with Gasteiger partial charge in [0.2, 0.25) is 11.9 Å². The molecule has 1 amide bonds. The zero-order valence-corrected chi connectivity index (χ0v) is 9.71. The van der Waals surface area contributed by atoms with Gasteiger partial charge < -0.3 is 10.3 Å². The second-order valence-electron chi connectivity index (χ2n) is 4.91. The van der Waals surface area contributed by atoms with E-state index < -0.39 is 0 Å². The van der Waals surface area contributed by atoms with Crippen LogP contribution in [-0.4, -0.2) is 28.5 Å². The van der Waals surface area contributed by atoms with Crippen molar-refractivity contribution >= 4 is 11.9 Å². The number of carbonyl (C=O) groups excluding carboxylic acids is 1. The number of piperidine rings is 1. The van der Waals surface area contributed by atoms with E-state index >= 15 is 0 Å². The molecule has 5 heteroatoms. The molecule has 3 N–H and O–H groups in total. The highest BCUT2D eigenvalue weighted by atomic mass is 16.2. The molecular weight excluding hydrogens is 204 g/mol. The molecule has 0 spiro atoms. The number of aromatic nitrogens is 2. The summed E-state index contributed by atoms with van der Waals surface area (Å²) in [6, 6.07) is -0.147. The lowest BCUT2D eigenvalue weighted by molar-refractivity contribution is -0.121. The predicted molar refractivity (Wildman–Crippen MR) is 62.0 cm³/mol. The number of nitrogens with one attached hydrogen (secondary N) is 3. The van der Waals surface area contributed by atoms with Gasteiger partial charge in [-0.15, -0.1) is 0 Å². The fourth-order valence-corrected chi connectivity index (χ4v) is 2.18. The van der Waals surface area contributed by atoms with Gasteiger partial charge in [-0.2, -0.15) is 0 Å². The molecule has 1 fully saturated rings. The Morgan fingerprint density at radius 2 is 2.44 bits per heavy atom. The average molecular weight is 222 g/mol. The van der Waals surface area contributed by atoms with Crippen LogP contribution in [0, 0.1) is 5.41 Å². The minimum atomic E-state index is -0.147. The SMILES string of the molecule is CC1(C)CCCNC1C(=O)Nc1ncc[nH]1. The van der Waals surface area contributed by atoms with Gasteiger partial charge in [-0.25, -0.2) is 4.98 Å². The van der Waals surface area contributed by atoms with Gasteiger partial charge in [0.25, 0.3) is 0 Å². The van der Waals surface area contributed by atoms with Crippen molar-refractivity contribution in [1.29, 1.82) is 0 Å². The molecule has 5 nitrogen and oxygen atoms in total. The summed E-state index contributed by atoms with van der Waals surface area (Å²) in [5, 5.41) is 6.05. The fraction of sp³-hybridized carbons (Fsp3) is 0.636. The van der Waals surface area contributed by atoms with Crippen molar-refractivity contribution in [2.24, 2.45) is 5.41 Å². The highest BCUT2D eigenvalue weighted by molar-refractivity contribution is 5.94. The molecule has 1 saturated heterocycles. The maximum absolute atomic E-state index is 12.0. The van der Waals surface area contributed by atoms with E-state index in [1.807, 2.05) is 0 Å². The molecule has 2 rings (SSSR count). The van der Waals surface area contributed by atoms with Crippen LogP contribution >= 0.6 is 0 Å². The van der Waals surface area contributed by atoms with E-state index in [2.05, 4.69) is 34.4 Å². The number of H-pyrrole nitrogens is 1. The van der Waals surface area contributed by atoms with Gasteiger partial charge in [-0.1, -0.05) is 13.8 Å². The molecule has 88 valence electrons. The Morgan fingerprint density at radius 3 is 3.06 bits per heavy atom. The van der Waals surface area contributed by atoms with Crippen LogP contribution in [0.4, 0.5) is 5.95 Å². The minimum absolute atomic E-state index is 0.00503. The van der Waals surface area contributed by atoms with Crippen molar-refractivity contribution in [3.63, 3.8) is 0 Å². The first-order valence-electron chi connectivity index (χ1n) is 5.63. The van der Waals surface area contributed by atoms with Crippen LogP contribution in [0.2, 0.25) is 0 Å². The summed E-state index contributed by atoms with van der Waals surface area (Å²) >= 11 is 0. The second-order valence-corrected chi connectivity index (χ2v) is 4.91. The van der Waals surface area contributed by atoms with Crippen LogP contribution in [0.1, 0.15) is 26.7 Å². The van der Waals surface area contributed by atoms with E-state index in [0.29, 0.717) is 5.95 Å². The summed E-state index contributed by atoms with van der Waals surface area (Å²) in [6.07, 6.45) is 5.50. The van der Waals surface area contributed by atoms with Gasteiger partial charge in [0.15, 0.2) is 0 Å². The maximum Gasteiger partial charge on any atom is 0.244 e.